The highest BCUT2D eigenvalue weighted by Crippen LogP contribution is 2.29. The summed E-state index contributed by atoms with van der Waals surface area (Å²) in [7, 11) is -1.68. The summed E-state index contributed by atoms with van der Waals surface area (Å²) < 4.78 is 26.8. The predicted molar refractivity (Wildman–Crippen MR) is 82.4 cm³/mol. The minimum atomic E-state index is -3.31. The molecule has 1 aromatic carbocycles. The zero-order chi connectivity index (χ0) is 14.8. The number of benzene rings is 1. The average molecular weight is 317 g/mol. The standard InChI is InChI=1S/C14H21ClN2O2S/c1-11(13-7-3-4-8-14(13)15)17(2)20(18,19)12-6-5-9-16-10-12/h3-4,7-8,11-12,16H,5-6,9-10H2,1-2H3. The van der Waals surface area contributed by atoms with Crippen LogP contribution in [0.2, 0.25) is 5.02 Å². The lowest BCUT2D eigenvalue weighted by Crippen LogP contribution is -2.45. The molecule has 2 unspecified atom stereocenters. The van der Waals surface area contributed by atoms with Crippen molar-refractivity contribution in [3.8, 4) is 0 Å². The molecule has 1 saturated heterocycles. The predicted octanol–water partition coefficient (Wildman–Crippen LogP) is 2.41. The van der Waals surface area contributed by atoms with Gasteiger partial charge < -0.3 is 5.32 Å². The van der Waals surface area contributed by atoms with Crippen LogP contribution in [-0.2, 0) is 10.0 Å². The van der Waals surface area contributed by atoms with Crippen LogP contribution in [0.5, 0.6) is 0 Å². The quantitative estimate of drug-likeness (QED) is 0.928. The van der Waals surface area contributed by atoms with E-state index in [-0.39, 0.29) is 11.3 Å². The van der Waals surface area contributed by atoms with Crippen molar-refractivity contribution in [2.75, 3.05) is 20.1 Å². The fourth-order valence-corrected chi connectivity index (χ4v) is 4.65. The Morgan fingerprint density at radius 2 is 2.10 bits per heavy atom. The van der Waals surface area contributed by atoms with Crippen LogP contribution in [0, 0.1) is 0 Å². The lowest BCUT2D eigenvalue weighted by Gasteiger charge is -2.31. The van der Waals surface area contributed by atoms with Crippen LogP contribution in [-0.4, -0.2) is 38.1 Å². The summed E-state index contributed by atoms with van der Waals surface area (Å²) >= 11 is 6.17. The van der Waals surface area contributed by atoms with Gasteiger partial charge in [0, 0.05) is 24.7 Å². The molecule has 1 aliphatic heterocycles. The third-order valence-corrected chi connectivity index (χ3v) is 6.68. The molecule has 0 amide bonds. The summed E-state index contributed by atoms with van der Waals surface area (Å²) in [6, 6.07) is 7.11. The van der Waals surface area contributed by atoms with Crippen LogP contribution in [0.1, 0.15) is 31.4 Å². The van der Waals surface area contributed by atoms with Gasteiger partial charge in [-0.05, 0) is 37.9 Å². The number of sulfonamides is 1. The molecular formula is C14H21ClN2O2S. The van der Waals surface area contributed by atoms with Crippen molar-refractivity contribution in [2.24, 2.45) is 0 Å². The van der Waals surface area contributed by atoms with E-state index >= 15 is 0 Å². The lowest BCUT2D eigenvalue weighted by molar-refractivity contribution is 0.380. The number of rotatable bonds is 4. The zero-order valence-corrected chi connectivity index (χ0v) is 13.4. The molecule has 0 bridgehead atoms. The monoisotopic (exact) mass is 316 g/mol. The Labute approximate surface area is 126 Å². The van der Waals surface area contributed by atoms with Crippen LogP contribution in [0.4, 0.5) is 0 Å². The highest BCUT2D eigenvalue weighted by molar-refractivity contribution is 7.89. The largest absolute Gasteiger partial charge is 0.315 e. The Morgan fingerprint density at radius 1 is 1.40 bits per heavy atom. The number of hydrogen-bond donors (Lipinski definition) is 1. The van der Waals surface area contributed by atoms with E-state index in [9.17, 15) is 8.42 Å². The van der Waals surface area contributed by atoms with E-state index in [4.69, 9.17) is 11.6 Å². The van der Waals surface area contributed by atoms with Gasteiger partial charge in [-0.15, -0.1) is 0 Å². The van der Waals surface area contributed by atoms with Crippen LogP contribution >= 0.6 is 11.6 Å². The first kappa shape index (κ1) is 15.8. The average Bonchev–Trinajstić information content (AvgIpc) is 2.47. The van der Waals surface area contributed by atoms with Gasteiger partial charge in [0.2, 0.25) is 10.0 Å². The molecule has 112 valence electrons. The fraction of sp³-hybridized carbons (Fsp3) is 0.571. The van der Waals surface area contributed by atoms with Gasteiger partial charge in [-0.3, -0.25) is 0 Å². The molecule has 0 aromatic heterocycles. The molecule has 1 aliphatic rings. The molecule has 0 saturated carbocycles. The smallest absolute Gasteiger partial charge is 0.218 e. The molecule has 0 aliphatic carbocycles. The number of piperidine rings is 1. The summed E-state index contributed by atoms with van der Waals surface area (Å²) in [5, 5.41) is 3.41. The number of nitrogens with zero attached hydrogens (tertiary/aromatic N) is 1. The maximum absolute atomic E-state index is 12.7. The number of hydrogen-bond acceptors (Lipinski definition) is 3. The Balaban J connectivity index is 2.21. The number of halogens is 1. The second-order valence-electron chi connectivity index (χ2n) is 5.23. The van der Waals surface area contributed by atoms with Crippen molar-refractivity contribution in [1.82, 2.24) is 9.62 Å². The van der Waals surface area contributed by atoms with E-state index < -0.39 is 10.0 Å². The molecule has 2 rings (SSSR count). The maximum Gasteiger partial charge on any atom is 0.218 e. The van der Waals surface area contributed by atoms with Crippen molar-refractivity contribution in [3.63, 3.8) is 0 Å². The van der Waals surface area contributed by atoms with Crippen LogP contribution in [0.25, 0.3) is 0 Å². The summed E-state index contributed by atoms with van der Waals surface area (Å²) in [5.74, 6) is 0. The molecule has 1 aromatic rings. The Morgan fingerprint density at radius 3 is 2.70 bits per heavy atom. The van der Waals surface area contributed by atoms with E-state index in [0.717, 1.165) is 24.9 Å². The highest BCUT2D eigenvalue weighted by atomic mass is 35.5. The topological polar surface area (TPSA) is 49.4 Å². The first-order valence-electron chi connectivity index (χ1n) is 6.86. The first-order chi connectivity index (χ1) is 9.44. The minimum absolute atomic E-state index is 0.268. The molecule has 6 heteroatoms. The molecule has 0 radical (unpaired) electrons. The molecule has 4 nitrogen and oxygen atoms in total. The van der Waals surface area contributed by atoms with E-state index in [1.165, 1.54) is 4.31 Å². The summed E-state index contributed by atoms with van der Waals surface area (Å²) in [4.78, 5) is 0. The summed E-state index contributed by atoms with van der Waals surface area (Å²) in [6.07, 6.45) is 1.62. The van der Waals surface area contributed by atoms with Crippen LogP contribution in [0.15, 0.2) is 24.3 Å². The van der Waals surface area contributed by atoms with Crippen molar-refractivity contribution < 1.29 is 8.42 Å². The Hall–Kier alpha value is -0.620. The van der Waals surface area contributed by atoms with Crippen LogP contribution < -0.4 is 5.32 Å². The van der Waals surface area contributed by atoms with Crippen molar-refractivity contribution >= 4 is 21.6 Å². The number of nitrogens with one attached hydrogen (secondary N) is 1. The van der Waals surface area contributed by atoms with Gasteiger partial charge in [0.15, 0.2) is 0 Å². The first-order valence-corrected chi connectivity index (χ1v) is 8.74. The van der Waals surface area contributed by atoms with Gasteiger partial charge in [0.25, 0.3) is 0 Å². The third kappa shape index (κ3) is 3.17. The highest BCUT2D eigenvalue weighted by Gasteiger charge is 2.34. The van der Waals surface area contributed by atoms with Crippen LogP contribution in [0.3, 0.4) is 0 Å². The molecule has 1 N–H and O–H groups in total. The third-order valence-electron chi connectivity index (χ3n) is 3.98. The molecule has 20 heavy (non-hydrogen) atoms. The van der Waals surface area contributed by atoms with Gasteiger partial charge in [-0.1, -0.05) is 29.8 Å². The van der Waals surface area contributed by atoms with Crippen molar-refractivity contribution in [1.29, 1.82) is 0 Å². The molecule has 2 atom stereocenters. The Bertz CT molecular complexity index is 556. The summed E-state index contributed by atoms with van der Waals surface area (Å²) in [5.41, 5.74) is 0.837. The van der Waals surface area contributed by atoms with E-state index in [1.807, 2.05) is 25.1 Å². The van der Waals surface area contributed by atoms with Gasteiger partial charge in [-0.25, -0.2) is 8.42 Å². The van der Waals surface area contributed by atoms with Gasteiger partial charge >= 0.3 is 0 Å². The van der Waals surface area contributed by atoms with Gasteiger partial charge in [0.1, 0.15) is 0 Å². The second-order valence-corrected chi connectivity index (χ2v) is 7.91. The molecular weight excluding hydrogens is 296 g/mol. The fourth-order valence-electron chi connectivity index (χ4n) is 2.54. The lowest BCUT2D eigenvalue weighted by atomic mass is 10.1. The summed E-state index contributed by atoms with van der Waals surface area (Å²) in [6.45, 7) is 3.30. The van der Waals surface area contributed by atoms with Crippen molar-refractivity contribution in [2.45, 2.75) is 31.1 Å². The van der Waals surface area contributed by atoms with E-state index in [0.29, 0.717) is 11.6 Å². The van der Waals surface area contributed by atoms with E-state index in [2.05, 4.69) is 5.32 Å². The SMILES string of the molecule is CC(c1ccccc1Cl)N(C)S(=O)(=O)C1CCCNC1. The van der Waals surface area contributed by atoms with E-state index in [1.54, 1.807) is 13.1 Å². The van der Waals surface area contributed by atoms with Crippen molar-refractivity contribution in [3.05, 3.63) is 34.9 Å². The van der Waals surface area contributed by atoms with Gasteiger partial charge in [0.05, 0.1) is 5.25 Å². The minimum Gasteiger partial charge on any atom is -0.315 e. The Kier molecular flexibility index (Phi) is 5.07. The van der Waals surface area contributed by atoms with Gasteiger partial charge in [-0.2, -0.15) is 4.31 Å². The normalized spacial score (nSPS) is 21.9. The molecule has 0 spiro atoms. The molecule has 1 fully saturated rings. The zero-order valence-electron chi connectivity index (χ0n) is 11.8. The second kappa shape index (κ2) is 6.43. The maximum atomic E-state index is 12.7. The molecule has 1 heterocycles.